The van der Waals surface area contributed by atoms with Gasteiger partial charge in [-0.15, -0.1) is 10.2 Å². The van der Waals surface area contributed by atoms with Gasteiger partial charge in [-0.1, -0.05) is 41.7 Å². The molecule has 0 fully saturated rings. The number of rotatable bonds is 10. The largest absolute Gasteiger partial charge is 0.493 e. The normalized spacial score (nSPS) is 11.3. The average molecular weight is 519 g/mol. The molecule has 1 heterocycles. The van der Waals surface area contributed by atoms with Gasteiger partial charge in [0.05, 0.1) is 20.3 Å². The number of benzene rings is 3. The molecular weight excluding hydrogens is 492 g/mol. The summed E-state index contributed by atoms with van der Waals surface area (Å²) in [5, 5.41) is 14.5. The van der Waals surface area contributed by atoms with Crippen molar-refractivity contribution in [3.05, 3.63) is 93.9 Å². The lowest BCUT2D eigenvalue weighted by Crippen LogP contribution is -2.26. The second-order valence-corrected chi connectivity index (χ2v) is 9.01. The molecule has 190 valence electrons. The van der Waals surface area contributed by atoms with Crippen LogP contribution in [0.25, 0.3) is 0 Å². The monoisotopic (exact) mass is 518 g/mol. The van der Waals surface area contributed by atoms with E-state index in [4.69, 9.17) is 14.2 Å². The number of hydrogen-bond acceptors (Lipinski definition) is 8. The summed E-state index contributed by atoms with van der Waals surface area (Å²) in [6, 6.07) is 21.4. The minimum absolute atomic E-state index is 0.129. The smallest absolute Gasteiger partial charge is 0.286 e. The van der Waals surface area contributed by atoms with E-state index in [2.05, 4.69) is 20.8 Å². The lowest BCUT2D eigenvalue weighted by Gasteiger charge is -2.14. The summed E-state index contributed by atoms with van der Waals surface area (Å²) in [6.45, 7) is 2.07. The molecule has 2 amide bonds. The highest BCUT2D eigenvalue weighted by Gasteiger charge is 2.15. The van der Waals surface area contributed by atoms with Crippen molar-refractivity contribution in [3.8, 4) is 17.2 Å². The number of ether oxygens (including phenoxy) is 3. The topological polar surface area (TPSA) is 112 Å². The Bertz CT molecular complexity index is 1360. The van der Waals surface area contributed by atoms with Crippen LogP contribution < -0.4 is 24.8 Å². The van der Waals surface area contributed by atoms with Crippen LogP contribution in [0, 0.1) is 0 Å². The second-order valence-electron chi connectivity index (χ2n) is 7.94. The fourth-order valence-corrected chi connectivity index (χ4v) is 4.10. The van der Waals surface area contributed by atoms with E-state index in [1.54, 1.807) is 56.7 Å². The zero-order valence-electron chi connectivity index (χ0n) is 20.6. The molecule has 3 aromatic carbocycles. The second kappa shape index (κ2) is 12.0. The van der Waals surface area contributed by atoms with Crippen molar-refractivity contribution in [1.82, 2.24) is 15.5 Å². The molecule has 1 aromatic heterocycles. The van der Waals surface area contributed by atoms with Gasteiger partial charge in [-0.2, -0.15) is 0 Å². The first-order valence-corrected chi connectivity index (χ1v) is 12.2. The standard InChI is InChI=1S/C27H26N4O5S/c1-17(18-7-5-4-6-8-18)28-25(32)19-9-11-20(12-10-19)29-26(33)27-31-30-24(37-27)16-36-21-13-14-22(34-2)23(15-21)35-3/h4-15,17H,16H2,1-3H3,(H,28,32)(H,29,33). The summed E-state index contributed by atoms with van der Waals surface area (Å²) in [5.74, 6) is 1.12. The van der Waals surface area contributed by atoms with E-state index in [1.807, 2.05) is 37.3 Å². The molecule has 0 aliphatic heterocycles. The van der Waals surface area contributed by atoms with Crippen molar-refractivity contribution >= 4 is 28.8 Å². The van der Waals surface area contributed by atoms with Gasteiger partial charge in [0.2, 0.25) is 5.01 Å². The zero-order chi connectivity index (χ0) is 26.2. The van der Waals surface area contributed by atoms with E-state index in [-0.39, 0.29) is 23.6 Å². The highest BCUT2D eigenvalue weighted by molar-refractivity contribution is 7.13. The van der Waals surface area contributed by atoms with Gasteiger partial charge in [0.25, 0.3) is 11.8 Å². The summed E-state index contributed by atoms with van der Waals surface area (Å²) in [7, 11) is 3.11. The van der Waals surface area contributed by atoms with Crippen molar-refractivity contribution in [2.75, 3.05) is 19.5 Å². The van der Waals surface area contributed by atoms with Crippen LogP contribution in [0.4, 0.5) is 5.69 Å². The Morgan fingerprint density at radius 2 is 1.62 bits per heavy atom. The Labute approximate surface area is 218 Å². The van der Waals surface area contributed by atoms with E-state index in [0.717, 1.165) is 16.9 Å². The minimum atomic E-state index is -0.398. The predicted octanol–water partition coefficient (Wildman–Crippen LogP) is 4.88. The number of anilines is 1. The van der Waals surface area contributed by atoms with Crippen LogP contribution >= 0.6 is 11.3 Å². The quantitative estimate of drug-likeness (QED) is 0.308. The number of carbonyl (C=O) groups excluding carboxylic acids is 2. The third-order valence-electron chi connectivity index (χ3n) is 5.43. The molecule has 0 spiro atoms. The molecule has 0 radical (unpaired) electrons. The molecule has 0 saturated heterocycles. The molecule has 10 heteroatoms. The van der Waals surface area contributed by atoms with Gasteiger partial charge in [0.1, 0.15) is 12.4 Å². The van der Waals surface area contributed by atoms with Crippen LogP contribution in [0.3, 0.4) is 0 Å². The Kier molecular flexibility index (Phi) is 8.32. The Morgan fingerprint density at radius 3 is 2.32 bits per heavy atom. The van der Waals surface area contributed by atoms with E-state index < -0.39 is 5.91 Å². The first-order chi connectivity index (χ1) is 18.0. The molecule has 9 nitrogen and oxygen atoms in total. The van der Waals surface area contributed by atoms with Gasteiger partial charge >= 0.3 is 0 Å². The molecule has 4 rings (SSSR count). The maximum Gasteiger partial charge on any atom is 0.286 e. The van der Waals surface area contributed by atoms with Gasteiger partial charge in [0, 0.05) is 17.3 Å². The molecule has 2 N–H and O–H groups in total. The van der Waals surface area contributed by atoms with Gasteiger partial charge in [-0.05, 0) is 48.9 Å². The van der Waals surface area contributed by atoms with Crippen LogP contribution in [0.1, 0.15) is 43.7 Å². The number of methoxy groups -OCH3 is 2. The molecule has 0 saturated carbocycles. The molecule has 4 aromatic rings. The number of hydrogen-bond donors (Lipinski definition) is 2. The fourth-order valence-electron chi connectivity index (χ4n) is 3.45. The van der Waals surface area contributed by atoms with Gasteiger partial charge < -0.3 is 24.8 Å². The average Bonchev–Trinajstić information content (AvgIpc) is 3.42. The van der Waals surface area contributed by atoms with Gasteiger partial charge in [0.15, 0.2) is 16.5 Å². The van der Waals surface area contributed by atoms with Crippen molar-refractivity contribution in [3.63, 3.8) is 0 Å². The maximum absolute atomic E-state index is 12.6. The van der Waals surface area contributed by atoms with Gasteiger partial charge in [-0.25, -0.2) is 0 Å². The zero-order valence-corrected chi connectivity index (χ0v) is 21.4. The summed E-state index contributed by atoms with van der Waals surface area (Å²) in [4.78, 5) is 25.2. The van der Waals surface area contributed by atoms with E-state index >= 15 is 0 Å². The lowest BCUT2D eigenvalue weighted by atomic mass is 10.1. The Balaban J connectivity index is 1.30. The fraction of sp³-hybridized carbons (Fsp3) is 0.185. The minimum Gasteiger partial charge on any atom is -0.493 e. The van der Waals surface area contributed by atoms with Crippen LogP contribution in [-0.4, -0.2) is 36.2 Å². The number of nitrogens with one attached hydrogen (secondary N) is 2. The summed E-state index contributed by atoms with van der Waals surface area (Å²) >= 11 is 1.13. The predicted molar refractivity (Wildman–Crippen MR) is 141 cm³/mol. The van der Waals surface area contributed by atoms with Gasteiger partial charge in [-0.3, -0.25) is 9.59 Å². The summed E-state index contributed by atoms with van der Waals surface area (Å²) < 4.78 is 16.2. The first-order valence-electron chi connectivity index (χ1n) is 11.4. The number of carbonyl (C=O) groups is 2. The van der Waals surface area contributed by atoms with Crippen molar-refractivity contribution < 1.29 is 23.8 Å². The lowest BCUT2D eigenvalue weighted by molar-refractivity contribution is 0.0939. The van der Waals surface area contributed by atoms with Crippen LogP contribution in [0.5, 0.6) is 17.2 Å². The Hall–Kier alpha value is -4.44. The SMILES string of the molecule is COc1ccc(OCc2nnc(C(=O)Nc3ccc(C(=O)NC(C)c4ccccc4)cc3)s2)cc1OC. The van der Waals surface area contributed by atoms with E-state index in [9.17, 15) is 9.59 Å². The van der Waals surface area contributed by atoms with Crippen LogP contribution in [-0.2, 0) is 6.61 Å². The van der Waals surface area contributed by atoms with Crippen LogP contribution in [0.15, 0.2) is 72.8 Å². The highest BCUT2D eigenvalue weighted by Crippen LogP contribution is 2.31. The van der Waals surface area contributed by atoms with Crippen molar-refractivity contribution in [1.29, 1.82) is 0 Å². The third kappa shape index (κ3) is 6.62. The Morgan fingerprint density at radius 1 is 0.892 bits per heavy atom. The number of aromatic nitrogens is 2. The molecule has 1 atom stereocenters. The summed E-state index contributed by atoms with van der Waals surface area (Å²) in [5.41, 5.74) is 2.05. The number of nitrogens with zero attached hydrogens (tertiary/aromatic N) is 2. The van der Waals surface area contributed by atoms with Crippen molar-refractivity contribution in [2.24, 2.45) is 0 Å². The summed E-state index contributed by atoms with van der Waals surface area (Å²) in [6.07, 6.45) is 0. The van der Waals surface area contributed by atoms with Crippen molar-refractivity contribution in [2.45, 2.75) is 19.6 Å². The third-order valence-corrected chi connectivity index (χ3v) is 6.33. The molecule has 0 bridgehead atoms. The number of amides is 2. The van der Waals surface area contributed by atoms with E-state index in [0.29, 0.717) is 33.5 Å². The molecular formula is C27H26N4O5S. The maximum atomic E-state index is 12.6. The molecule has 0 aliphatic rings. The molecule has 0 aliphatic carbocycles. The first kappa shape index (κ1) is 25.6. The molecule has 37 heavy (non-hydrogen) atoms. The van der Waals surface area contributed by atoms with E-state index in [1.165, 1.54) is 0 Å². The molecule has 1 unspecified atom stereocenters. The highest BCUT2D eigenvalue weighted by atomic mass is 32.1. The van der Waals surface area contributed by atoms with Crippen LogP contribution in [0.2, 0.25) is 0 Å².